The number of rotatable bonds is 4. The number of ketones is 1. The van der Waals surface area contributed by atoms with E-state index < -0.39 is 0 Å². The highest BCUT2D eigenvalue weighted by Crippen LogP contribution is 2.24. The van der Waals surface area contributed by atoms with E-state index in [2.05, 4.69) is 5.32 Å². The number of hydrogen-bond donors (Lipinski definition) is 1. The third-order valence-electron chi connectivity index (χ3n) is 2.94. The number of hydrogen-bond acceptors (Lipinski definition) is 3. The Balaban J connectivity index is 2.26. The molecule has 0 unspecified atom stereocenters. The number of methoxy groups -OCH3 is 1. The second-order valence-electron chi connectivity index (χ2n) is 4.44. The number of benzene rings is 2. The molecule has 108 valence electrons. The van der Waals surface area contributed by atoms with Gasteiger partial charge in [0.2, 0.25) is 0 Å². The highest BCUT2D eigenvalue weighted by molar-refractivity contribution is 6.31. The third-order valence-corrected chi connectivity index (χ3v) is 3.17. The highest BCUT2D eigenvalue weighted by atomic mass is 35.5. The van der Waals surface area contributed by atoms with Crippen molar-refractivity contribution >= 4 is 29.0 Å². The van der Waals surface area contributed by atoms with Crippen molar-refractivity contribution in [1.82, 2.24) is 0 Å². The summed E-state index contributed by atoms with van der Waals surface area (Å²) >= 11 is 5.87. The molecule has 2 aromatic carbocycles. The molecule has 0 aromatic heterocycles. The van der Waals surface area contributed by atoms with Crippen LogP contribution in [0.15, 0.2) is 42.5 Å². The normalized spacial score (nSPS) is 10.0. The Morgan fingerprint density at radius 2 is 1.90 bits per heavy atom. The van der Waals surface area contributed by atoms with E-state index in [0.717, 1.165) is 0 Å². The SMILES string of the molecule is COc1cc(Cl)ccc1C(=O)Nc1cccc(C(C)=O)c1. The van der Waals surface area contributed by atoms with E-state index >= 15 is 0 Å². The van der Waals surface area contributed by atoms with Crippen molar-refractivity contribution in [2.24, 2.45) is 0 Å². The maximum atomic E-state index is 12.3. The van der Waals surface area contributed by atoms with Crippen molar-refractivity contribution in [3.05, 3.63) is 58.6 Å². The molecule has 2 rings (SSSR count). The van der Waals surface area contributed by atoms with E-state index in [1.165, 1.54) is 14.0 Å². The molecule has 0 bridgehead atoms. The quantitative estimate of drug-likeness (QED) is 0.874. The molecule has 2 aromatic rings. The van der Waals surface area contributed by atoms with Crippen LogP contribution in [0, 0.1) is 0 Å². The lowest BCUT2D eigenvalue weighted by Crippen LogP contribution is -2.13. The smallest absolute Gasteiger partial charge is 0.259 e. The Hall–Kier alpha value is -2.33. The van der Waals surface area contributed by atoms with E-state index in [4.69, 9.17) is 16.3 Å². The second-order valence-corrected chi connectivity index (χ2v) is 4.87. The number of carbonyl (C=O) groups is 2. The lowest BCUT2D eigenvalue weighted by atomic mass is 10.1. The highest BCUT2D eigenvalue weighted by Gasteiger charge is 2.13. The van der Waals surface area contributed by atoms with Crippen LogP contribution in [0.25, 0.3) is 0 Å². The number of halogens is 1. The topological polar surface area (TPSA) is 55.4 Å². The summed E-state index contributed by atoms with van der Waals surface area (Å²) in [4.78, 5) is 23.6. The van der Waals surface area contributed by atoms with Gasteiger partial charge in [-0.15, -0.1) is 0 Å². The molecule has 0 radical (unpaired) electrons. The number of amides is 1. The van der Waals surface area contributed by atoms with Crippen molar-refractivity contribution < 1.29 is 14.3 Å². The van der Waals surface area contributed by atoms with Crippen molar-refractivity contribution in [3.8, 4) is 5.75 Å². The van der Waals surface area contributed by atoms with Gasteiger partial charge in [0.05, 0.1) is 12.7 Å². The van der Waals surface area contributed by atoms with Gasteiger partial charge in [0.1, 0.15) is 5.75 Å². The molecular formula is C16H14ClNO3. The van der Waals surface area contributed by atoms with Gasteiger partial charge in [0.15, 0.2) is 5.78 Å². The molecule has 0 aliphatic heterocycles. The molecule has 5 heteroatoms. The van der Waals surface area contributed by atoms with Crippen LogP contribution in [0.3, 0.4) is 0 Å². The van der Waals surface area contributed by atoms with Crippen LogP contribution >= 0.6 is 11.6 Å². The minimum atomic E-state index is -0.329. The fourth-order valence-electron chi connectivity index (χ4n) is 1.87. The van der Waals surface area contributed by atoms with Crippen molar-refractivity contribution in [2.75, 3.05) is 12.4 Å². The summed E-state index contributed by atoms with van der Waals surface area (Å²) in [6, 6.07) is 11.5. The van der Waals surface area contributed by atoms with Crippen LogP contribution in [0.1, 0.15) is 27.6 Å². The Morgan fingerprint density at radius 1 is 1.14 bits per heavy atom. The van der Waals surface area contributed by atoms with Crippen LogP contribution in [0.4, 0.5) is 5.69 Å². The maximum Gasteiger partial charge on any atom is 0.259 e. The third kappa shape index (κ3) is 3.61. The Labute approximate surface area is 127 Å². The first-order valence-electron chi connectivity index (χ1n) is 6.27. The number of Topliss-reactive ketones (excluding diaryl/α,β-unsaturated/α-hetero) is 1. The molecule has 0 spiro atoms. The average molecular weight is 304 g/mol. The number of carbonyl (C=O) groups excluding carboxylic acids is 2. The van der Waals surface area contributed by atoms with E-state index in [0.29, 0.717) is 27.6 Å². The molecule has 0 saturated carbocycles. The van der Waals surface area contributed by atoms with E-state index in [1.807, 2.05) is 0 Å². The minimum Gasteiger partial charge on any atom is -0.496 e. The van der Waals surface area contributed by atoms with Gasteiger partial charge in [-0.3, -0.25) is 9.59 Å². The molecule has 0 saturated heterocycles. The summed E-state index contributed by atoms with van der Waals surface area (Å²) < 4.78 is 5.15. The Kier molecular flexibility index (Phi) is 4.60. The predicted molar refractivity (Wildman–Crippen MR) is 82.4 cm³/mol. The molecule has 1 amide bonds. The number of anilines is 1. The van der Waals surface area contributed by atoms with Gasteiger partial charge >= 0.3 is 0 Å². The molecular weight excluding hydrogens is 290 g/mol. The van der Waals surface area contributed by atoms with Gasteiger partial charge in [0.25, 0.3) is 5.91 Å². The average Bonchev–Trinajstić information content (AvgIpc) is 2.47. The first-order valence-corrected chi connectivity index (χ1v) is 6.65. The minimum absolute atomic E-state index is 0.0600. The standard InChI is InChI=1S/C16H14ClNO3/c1-10(19)11-4-3-5-13(8-11)18-16(20)14-7-6-12(17)9-15(14)21-2/h3-9H,1-2H3,(H,18,20). The second kappa shape index (κ2) is 6.41. The molecule has 0 aliphatic carbocycles. The Bertz CT molecular complexity index is 698. The van der Waals surface area contributed by atoms with Crippen LogP contribution in [-0.4, -0.2) is 18.8 Å². The maximum absolute atomic E-state index is 12.3. The lowest BCUT2D eigenvalue weighted by Gasteiger charge is -2.10. The molecule has 1 N–H and O–H groups in total. The largest absolute Gasteiger partial charge is 0.496 e. The van der Waals surface area contributed by atoms with E-state index in [-0.39, 0.29) is 11.7 Å². The van der Waals surface area contributed by atoms with Crippen LogP contribution in [0.5, 0.6) is 5.75 Å². The van der Waals surface area contributed by atoms with E-state index in [1.54, 1.807) is 42.5 Å². The zero-order valence-electron chi connectivity index (χ0n) is 11.6. The zero-order chi connectivity index (χ0) is 15.4. The summed E-state index contributed by atoms with van der Waals surface area (Å²) in [7, 11) is 1.47. The summed E-state index contributed by atoms with van der Waals surface area (Å²) in [5.41, 5.74) is 1.45. The number of nitrogens with one attached hydrogen (secondary N) is 1. The number of ether oxygens (including phenoxy) is 1. The van der Waals surface area contributed by atoms with Crippen LogP contribution in [-0.2, 0) is 0 Å². The van der Waals surface area contributed by atoms with Crippen molar-refractivity contribution in [1.29, 1.82) is 0 Å². The predicted octanol–water partition coefficient (Wildman–Crippen LogP) is 3.80. The molecule has 4 nitrogen and oxygen atoms in total. The van der Waals surface area contributed by atoms with Gasteiger partial charge in [-0.05, 0) is 37.3 Å². The zero-order valence-corrected chi connectivity index (χ0v) is 12.4. The van der Waals surface area contributed by atoms with Gasteiger partial charge < -0.3 is 10.1 Å². The van der Waals surface area contributed by atoms with Crippen LogP contribution < -0.4 is 10.1 Å². The first kappa shape index (κ1) is 15.1. The fourth-order valence-corrected chi connectivity index (χ4v) is 2.03. The van der Waals surface area contributed by atoms with Gasteiger partial charge in [-0.25, -0.2) is 0 Å². The van der Waals surface area contributed by atoms with Crippen LogP contribution in [0.2, 0.25) is 5.02 Å². The molecule has 21 heavy (non-hydrogen) atoms. The molecule has 0 atom stereocenters. The summed E-state index contributed by atoms with van der Waals surface area (Å²) in [5.74, 6) is 0.00196. The first-order chi connectivity index (χ1) is 10.0. The Morgan fingerprint density at radius 3 is 2.57 bits per heavy atom. The summed E-state index contributed by atoms with van der Waals surface area (Å²) in [6.45, 7) is 1.48. The van der Waals surface area contributed by atoms with Crippen molar-refractivity contribution in [2.45, 2.75) is 6.92 Å². The van der Waals surface area contributed by atoms with Crippen molar-refractivity contribution in [3.63, 3.8) is 0 Å². The summed E-state index contributed by atoms with van der Waals surface area (Å²) in [5, 5.41) is 3.22. The van der Waals surface area contributed by atoms with Gasteiger partial charge in [0, 0.05) is 16.3 Å². The van der Waals surface area contributed by atoms with Gasteiger partial charge in [-0.2, -0.15) is 0 Å². The van der Waals surface area contributed by atoms with Gasteiger partial charge in [-0.1, -0.05) is 23.7 Å². The summed E-state index contributed by atoms with van der Waals surface area (Å²) in [6.07, 6.45) is 0. The van der Waals surface area contributed by atoms with E-state index in [9.17, 15) is 9.59 Å². The molecule has 0 aliphatic rings. The molecule has 0 fully saturated rings. The fraction of sp³-hybridized carbons (Fsp3) is 0.125. The monoisotopic (exact) mass is 303 g/mol. The lowest BCUT2D eigenvalue weighted by molar-refractivity contribution is 0.101. The molecule has 0 heterocycles.